The van der Waals surface area contributed by atoms with Gasteiger partial charge in [0.25, 0.3) is 0 Å². The summed E-state index contributed by atoms with van der Waals surface area (Å²) in [5.41, 5.74) is 1.24. The van der Waals surface area contributed by atoms with E-state index in [-0.39, 0.29) is 5.04 Å². The SMILES string of the molecule is CC(CCOCc1ccccc1)CO[Si](C)(C)C(C)(C)C. The van der Waals surface area contributed by atoms with E-state index in [1.807, 2.05) is 18.2 Å². The van der Waals surface area contributed by atoms with Crippen LogP contribution in [0.5, 0.6) is 0 Å². The van der Waals surface area contributed by atoms with Crippen molar-refractivity contribution in [2.45, 2.75) is 58.9 Å². The van der Waals surface area contributed by atoms with Gasteiger partial charge in [-0.3, -0.25) is 0 Å². The molecule has 1 unspecified atom stereocenters. The highest BCUT2D eigenvalue weighted by molar-refractivity contribution is 6.74. The maximum atomic E-state index is 6.25. The molecular weight excluding hydrogens is 276 g/mol. The fourth-order valence-corrected chi connectivity index (χ4v) is 2.83. The van der Waals surface area contributed by atoms with Crippen LogP contribution < -0.4 is 0 Å². The fraction of sp³-hybridized carbons (Fsp3) is 0.667. The van der Waals surface area contributed by atoms with Gasteiger partial charge in [-0.15, -0.1) is 0 Å². The highest BCUT2D eigenvalue weighted by atomic mass is 28.4. The Balaban J connectivity index is 2.18. The third-order valence-corrected chi connectivity index (χ3v) is 8.90. The second-order valence-corrected chi connectivity index (χ2v) is 12.3. The molecule has 0 fully saturated rings. The minimum atomic E-state index is -1.61. The smallest absolute Gasteiger partial charge is 0.191 e. The molecule has 0 radical (unpaired) electrons. The van der Waals surface area contributed by atoms with Crippen LogP contribution >= 0.6 is 0 Å². The van der Waals surface area contributed by atoms with Crippen molar-refractivity contribution in [2.75, 3.05) is 13.2 Å². The van der Waals surface area contributed by atoms with E-state index in [0.717, 1.165) is 19.6 Å². The van der Waals surface area contributed by atoms with Gasteiger partial charge >= 0.3 is 0 Å². The predicted molar refractivity (Wildman–Crippen MR) is 93.0 cm³/mol. The van der Waals surface area contributed by atoms with Crippen molar-refractivity contribution in [3.05, 3.63) is 35.9 Å². The zero-order valence-corrected chi connectivity index (χ0v) is 15.6. The van der Waals surface area contributed by atoms with Crippen molar-refractivity contribution in [2.24, 2.45) is 5.92 Å². The minimum Gasteiger partial charge on any atom is -0.417 e. The molecule has 1 rings (SSSR count). The summed E-state index contributed by atoms with van der Waals surface area (Å²) in [6.45, 7) is 16.1. The van der Waals surface area contributed by atoms with E-state index >= 15 is 0 Å². The Morgan fingerprint density at radius 2 is 1.71 bits per heavy atom. The molecule has 0 saturated carbocycles. The van der Waals surface area contributed by atoms with Crippen LogP contribution in [-0.2, 0) is 15.8 Å². The molecule has 1 aromatic carbocycles. The van der Waals surface area contributed by atoms with Gasteiger partial charge in [-0.05, 0) is 36.0 Å². The summed E-state index contributed by atoms with van der Waals surface area (Å²) in [6, 6.07) is 10.3. The van der Waals surface area contributed by atoms with Crippen LogP contribution in [0.15, 0.2) is 30.3 Å². The van der Waals surface area contributed by atoms with Gasteiger partial charge in [0.15, 0.2) is 8.32 Å². The van der Waals surface area contributed by atoms with E-state index in [4.69, 9.17) is 9.16 Å². The molecule has 0 aliphatic heterocycles. The molecule has 21 heavy (non-hydrogen) atoms. The molecule has 3 heteroatoms. The van der Waals surface area contributed by atoms with Gasteiger partial charge in [-0.2, -0.15) is 0 Å². The first-order chi connectivity index (χ1) is 9.72. The molecule has 0 bridgehead atoms. The lowest BCUT2D eigenvalue weighted by atomic mass is 10.1. The minimum absolute atomic E-state index is 0.288. The van der Waals surface area contributed by atoms with E-state index in [2.05, 4.69) is 52.9 Å². The summed E-state index contributed by atoms with van der Waals surface area (Å²) in [5.74, 6) is 0.551. The summed E-state index contributed by atoms with van der Waals surface area (Å²) >= 11 is 0. The molecule has 0 N–H and O–H groups in total. The third-order valence-electron chi connectivity index (χ3n) is 4.40. The van der Waals surface area contributed by atoms with Crippen molar-refractivity contribution in [3.63, 3.8) is 0 Å². The number of hydrogen-bond donors (Lipinski definition) is 0. The first-order valence-electron chi connectivity index (χ1n) is 7.98. The van der Waals surface area contributed by atoms with Crippen LogP contribution in [0, 0.1) is 5.92 Å². The Bertz CT molecular complexity index is 395. The van der Waals surface area contributed by atoms with Gasteiger partial charge in [0.2, 0.25) is 0 Å². The second kappa shape index (κ2) is 8.11. The number of ether oxygens (including phenoxy) is 1. The lowest BCUT2D eigenvalue weighted by Crippen LogP contribution is -2.41. The topological polar surface area (TPSA) is 18.5 Å². The molecule has 0 amide bonds. The first kappa shape index (κ1) is 18.4. The van der Waals surface area contributed by atoms with Crippen molar-refractivity contribution in [1.29, 1.82) is 0 Å². The standard InChI is InChI=1S/C18H32O2Si/c1-16(14-20-21(5,6)18(2,3)4)12-13-19-15-17-10-8-7-9-11-17/h7-11,16H,12-15H2,1-6H3. The lowest BCUT2D eigenvalue weighted by Gasteiger charge is -2.37. The average molecular weight is 309 g/mol. The summed E-state index contributed by atoms with van der Waals surface area (Å²) in [4.78, 5) is 0. The van der Waals surface area contributed by atoms with E-state index < -0.39 is 8.32 Å². The fourth-order valence-electron chi connectivity index (χ4n) is 1.70. The van der Waals surface area contributed by atoms with Crippen LogP contribution in [0.3, 0.4) is 0 Å². The number of hydrogen-bond acceptors (Lipinski definition) is 2. The zero-order valence-electron chi connectivity index (χ0n) is 14.6. The van der Waals surface area contributed by atoms with Gasteiger partial charge in [0.05, 0.1) is 6.61 Å². The normalized spacial score (nSPS) is 14.2. The van der Waals surface area contributed by atoms with Crippen molar-refractivity contribution in [3.8, 4) is 0 Å². The van der Waals surface area contributed by atoms with E-state index in [1.54, 1.807) is 0 Å². The van der Waals surface area contributed by atoms with E-state index in [0.29, 0.717) is 12.5 Å². The lowest BCUT2D eigenvalue weighted by molar-refractivity contribution is 0.0995. The molecule has 1 aromatic rings. The maximum Gasteiger partial charge on any atom is 0.191 e. The van der Waals surface area contributed by atoms with Crippen LogP contribution in [0.25, 0.3) is 0 Å². The predicted octanol–water partition coefficient (Wildman–Crippen LogP) is 5.25. The third kappa shape index (κ3) is 6.77. The molecule has 0 spiro atoms. The molecule has 1 atom stereocenters. The maximum absolute atomic E-state index is 6.25. The van der Waals surface area contributed by atoms with E-state index in [9.17, 15) is 0 Å². The Morgan fingerprint density at radius 3 is 2.29 bits per heavy atom. The van der Waals surface area contributed by atoms with Crippen molar-refractivity contribution < 1.29 is 9.16 Å². The monoisotopic (exact) mass is 308 g/mol. The largest absolute Gasteiger partial charge is 0.417 e. The molecule has 0 aliphatic carbocycles. The van der Waals surface area contributed by atoms with Crippen LogP contribution in [0.4, 0.5) is 0 Å². The highest BCUT2D eigenvalue weighted by Gasteiger charge is 2.37. The summed E-state index contributed by atoms with van der Waals surface area (Å²) in [5, 5.41) is 0.288. The first-order valence-corrected chi connectivity index (χ1v) is 10.9. The highest BCUT2D eigenvalue weighted by Crippen LogP contribution is 2.36. The molecule has 2 nitrogen and oxygen atoms in total. The van der Waals surface area contributed by atoms with Gasteiger partial charge in [-0.1, -0.05) is 58.0 Å². The molecule has 0 heterocycles. The Labute approximate surface area is 132 Å². The number of benzene rings is 1. The van der Waals surface area contributed by atoms with Gasteiger partial charge in [-0.25, -0.2) is 0 Å². The summed E-state index contributed by atoms with van der Waals surface area (Å²) in [6.07, 6.45) is 1.06. The van der Waals surface area contributed by atoms with Crippen LogP contribution in [0.2, 0.25) is 18.1 Å². The van der Waals surface area contributed by atoms with Crippen LogP contribution in [-0.4, -0.2) is 21.5 Å². The van der Waals surface area contributed by atoms with E-state index in [1.165, 1.54) is 5.56 Å². The summed E-state index contributed by atoms with van der Waals surface area (Å²) < 4.78 is 12.0. The molecule has 0 aliphatic rings. The van der Waals surface area contributed by atoms with Crippen LogP contribution in [0.1, 0.15) is 39.7 Å². The average Bonchev–Trinajstić information content (AvgIpc) is 2.41. The Kier molecular flexibility index (Phi) is 7.11. The van der Waals surface area contributed by atoms with Gasteiger partial charge < -0.3 is 9.16 Å². The Hall–Kier alpha value is -0.643. The van der Waals surface area contributed by atoms with Crippen molar-refractivity contribution in [1.82, 2.24) is 0 Å². The molecule has 120 valence electrons. The summed E-state index contributed by atoms with van der Waals surface area (Å²) in [7, 11) is -1.61. The van der Waals surface area contributed by atoms with Gasteiger partial charge in [0, 0.05) is 13.2 Å². The van der Waals surface area contributed by atoms with Gasteiger partial charge in [0.1, 0.15) is 0 Å². The van der Waals surface area contributed by atoms with Crippen molar-refractivity contribution >= 4 is 8.32 Å². The number of rotatable bonds is 8. The molecular formula is C18H32O2Si. The quantitative estimate of drug-likeness (QED) is 0.482. The molecule has 0 saturated heterocycles. The molecule has 0 aromatic heterocycles. The Morgan fingerprint density at radius 1 is 1.10 bits per heavy atom. The zero-order chi connectivity index (χ0) is 15.9. The second-order valence-electron chi connectivity index (χ2n) is 7.50.